The monoisotopic (exact) mass is 332 g/mol. The third-order valence-electron chi connectivity index (χ3n) is 3.43. The number of carbonyl (C=O) groups excluding carboxylic acids is 2. The van der Waals surface area contributed by atoms with Crippen molar-refractivity contribution in [2.24, 2.45) is 0 Å². The van der Waals surface area contributed by atoms with E-state index < -0.39 is 23.2 Å². The first kappa shape index (κ1) is 17.6. The van der Waals surface area contributed by atoms with Crippen molar-refractivity contribution in [1.82, 2.24) is 5.32 Å². The molecule has 2 aromatic rings. The zero-order valence-corrected chi connectivity index (χ0v) is 13.2. The van der Waals surface area contributed by atoms with E-state index in [1.807, 2.05) is 6.92 Å². The van der Waals surface area contributed by atoms with Crippen LogP contribution in [0.4, 0.5) is 14.5 Å². The number of para-hydroxylation sites is 1. The van der Waals surface area contributed by atoms with E-state index in [4.69, 9.17) is 0 Å². The summed E-state index contributed by atoms with van der Waals surface area (Å²) in [7, 11) is 0. The first-order valence-electron chi connectivity index (χ1n) is 7.66. The predicted molar refractivity (Wildman–Crippen MR) is 88.0 cm³/mol. The van der Waals surface area contributed by atoms with E-state index in [9.17, 15) is 18.4 Å². The summed E-state index contributed by atoms with van der Waals surface area (Å²) in [6.45, 7) is 2.61. The molecule has 0 saturated heterocycles. The van der Waals surface area contributed by atoms with Gasteiger partial charge in [0.05, 0.1) is 0 Å². The maximum Gasteiger partial charge on any atom is 0.255 e. The van der Waals surface area contributed by atoms with Gasteiger partial charge in [-0.2, -0.15) is 0 Å². The van der Waals surface area contributed by atoms with Crippen LogP contribution in [-0.4, -0.2) is 18.4 Å². The van der Waals surface area contributed by atoms with Crippen LogP contribution in [0, 0.1) is 11.6 Å². The standard InChI is InChI=1S/C18H18F2N2O2/c1-2-3-11-21-17(23)12-7-9-13(10-8-12)18(24)22-16-14(19)5-4-6-15(16)20/h4-10H,2-3,11H2,1H3,(H,21,23)(H,22,24). The number of anilines is 1. The van der Waals surface area contributed by atoms with E-state index in [0.29, 0.717) is 12.1 Å². The van der Waals surface area contributed by atoms with Crippen molar-refractivity contribution in [1.29, 1.82) is 0 Å². The number of carbonyl (C=O) groups is 2. The summed E-state index contributed by atoms with van der Waals surface area (Å²) >= 11 is 0. The minimum Gasteiger partial charge on any atom is -0.352 e. The van der Waals surface area contributed by atoms with Crippen molar-refractivity contribution >= 4 is 17.5 Å². The van der Waals surface area contributed by atoms with Crippen LogP contribution in [0.1, 0.15) is 40.5 Å². The average molecular weight is 332 g/mol. The molecule has 0 atom stereocenters. The van der Waals surface area contributed by atoms with Crippen LogP contribution in [0.3, 0.4) is 0 Å². The molecule has 0 bridgehead atoms. The third-order valence-corrected chi connectivity index (χ3v) is 3.43. The third kappa shape index (κ3) is 4.38. The number of nitrogens with one attached hydrogen (secondary N) is 2. The molecule has 0 aliphatic rings. The molecule has 2 aromatic carbocycles. The van der Waals surface area contributed by atoms with E-state index >= 15 is 0 Å². The van der Waals surface area contributed by atoms with Crippen molar-refractivity contribution in [3.05, 3.63) is 65.2 Å². The first-order valence-corrected chi connectivity index (χ1v) is 7.66. The number of unbranched alkanes of at least 4 members (excludes halogenated alkanes) is 1. The van der Waals surface area contributed by atoms with E-state index in [1.165, 1.54) is 30.3 Å². The molecule has 6 heteroatoms. The highest BCUT2D eigenvalue weighted by Crippen LogP contribution is 2.19. The number of hydrogen-bond donors (Lipinski definition) is 2. The zero-order valence-electron chi connectivity index (χ0n) is 13.2. The van der Waals surface area contributed by atoms with Crippen LogP contribution in [0.15, 0.2) is 42.5 Å². The molecule has 2 amide bonds. The Bertz CT molecular complexity index is 710. The molecular weight excluding hydrogens is 314 g/mol. The molecule has 0 fully saturated rings. The number of amides is 2. The highest BCUT2D eigenvalue weighted by atomic mass is 19.1. The molecular formula is C18H18F2N2O2. The van der Waals surface area contributed by atoms with E-state index in [-0.39, 0.29) is 11.5 Å². The molecule has 0 spiro atoms. The smallest absolute Gasteiger partial charge is 0.255 e. The lowest BCUT2D eigenvalue weighted by molar-refractivity contribution is 0.0951. The maximum atomic E-state index is 13.5. The molecule has 0 aromatic heterocycles. The van der Waals surface area contributed by atoms with Gasteiger partial charge in [-0.15, -0.1) is 0 Å². The lowest BCUT2D eigenvalue weighted by Gasteiger charge is -2.08. The lowest BCUT2D eigenvalue weighted by atomic mass is 10.1. The minimum absolute atomic E-state index is 0.197. The largest absolute Gasteiger partial charge is 0.352 e. The van der Waals surface area contributed by atoms with Gasteiger partial charge in [0, 0.05) is 17.7 Å². The van der Waals surface area contributed by atoms with Crippen molar-refractivity contribution in [2.45, 2.75) is 19.8 Å². The number of halogens is 2. The molecule has 4 nitrogen and oxygen atoms in total. The molecule has 126 valence electrons. The fourth-order valence-electron chi connectivity index (χ4n) is 2.06. The van der Waals surface area contributed by atoms with Crippen LogP contribution in [0.25, 0.3) is 0 Å². The Labute approximate surface area is 138 Å². The second-order valence-corrected chi connectivity index (χ2v) is 5.24. The molecule has 0 unspecified atom stereocenters. The highest BCUT2D eigenvalue weighted by Gasteiger charge is 2.14. The number of benzene rings is 2. The molecule has 0 heterocycles. The molecule has 0 radical (unpaired) electrons. The lowest BCUT2D eigenvalue weighted by Crippen LogP contribution is -2.24. The van der Waals surface area contributed by atoms with Gasteiger partial charge < -0.3 is 10.6 Å². The van der Waals surface area contributed by atoms with Gasteiger partial charge in [0.25, 0.3) is 11.8 Å². The molecule has 2 rings (SSSR count). The summed E-state index contributed by atoms with van der Waals surface area (Å²) in [6, 6.07) is 9.19. The highest BCUT2D eigenvalue weighted by molar-refractivity contribution is 6.05. The Balaban J connectivity index is 2.05. The van der Waals surface area contributed by atoms with Crippen molar-refractivity contribution in [3.8, 4) is 0 Å². The number of hydrogen-bond acceptors (Lipinski definition) is 2. The average Bonchev–Trinajstić information content (AvgIpc) is 2.58. The van der Waals surface area contributed by atoms with E-state index in [0.717, 1.165) is 25.0 Å². The van der Waals surface area contributed by atoms with E-state index in [2.05, 4.69) is 10.6 Å². The molecule has 0 aliphatic carbocycles. The Morgan fingerprint density at radius 1 is 0.917 bits per heavy atom. The van der Waals surface area contributed by atoms with Gasteiger partial charge in [-0.25, -0.2) is 8.78 Å². The van der Waals surface area contributed by atoms with Crippen molar-refractivity contribution in [3.63, 3.8) is 0 Å². The fraction of sp³-hybridized carbons (Fsp3) is 0.222. The van der Waals surface area contributed by atoms with Crippen LogP contribution >= 0.6 is 0 Å². The fourth-order valence-corrected chi connectivity index (χ4v) is 2.06. The van der Waals surface area contributed by atoms with Gasteiger partial charge >= 0.3 is 0 Å². The summed E-state index contributed by atoms with van der Waals surface area (Å²) in [5, 5.41) is 4.96. The molecule has 2 N–H and O–H groups in total. The summed E-state index contributed by atoms with van der Waals surface area (Å²) < 4.78 is 27.1. The molecule has 24 heavy (non-hydrogen) atoms. The maximum absolute atomic E-state index is 13.5. The summed E-state index contributed by atoms with van der Waals surface area (Å²) in [6.07, 6.45) is 1.87. The van der Waals surface area contributed by atoms with E-state index in [1.54, 1.807) is 0 Å². The van der Waals surface area contributed by atoms with Crippen LogP contribution in [-0.2, 0) is 0 Å². The normalized spacial score (nSPS) is 10.3. The predicted octanol–water partition coefficient (Wildman–Crippen LogP) is 3.75. The van der Waals surface area contributed by atoms with Gasteiger partial charge in [-0.1, -0.05) is 19.4 Å². The Kier molecular flexibility index (Phi) is 6.01. The van der Waals surface area contributed by atoms with Gasteiger partial charge in [-0.3, -0.25) is 9.59 Å². The topological polar surface area (TPSA) is 58.2 Å². The van der Waals surface area contributed by atoms with Crippen molar-refractivity contribution in [2.75, 3.05) is 11.9 Å². The second-order valence-electron chi connectivity index (χ2n) is 5.24. The van der Waals surface area contributed by atoms with Crippen LogP contribution < -0.4 is 10.6 Å². The Morgan fingerprint density at radius 3 is 2.00 bits per heavy atom. The summed E-state index contributed by atoms with van der Waals surface area (Å²) in [4.78, 5) is 23.9. The SMILES string of the molecule is CCCCNC(=O)c1ccc(C(=O)Nc2c(F)cccc2F)cc1. The van der Waals surface area contributed by atoms with Gasteiger partial charge in [0.1, 0.15) is 17.3 Å². The quantitative estimate of drug-likeness (QED) is 0.792. The molecule has 0 saturated carbocycles. The summed E-state index contributed by atoms with van der Waals surface area (Å²) in [5.41, 5.74) is 0.117. The van der Waals surface area contributed by atoms with Crippen molar-refractivity contribution < 1.29 is 18.4 Å². The Hall–Kier alpha value is -2.76. The van der Waals surface area contributed by atoms with Crippen LogP contribution in [0.2, 0.25) is 0 Å². The zero-order chi connectivity index (χ0) is 17.5. The number of rotatable bonds is 6. The minimum atomic E-state index is -0.852. The summed E-state index contributed by atoms with van der Waals surface area (Å²) in [5.74, 6) is -2.59. The Morgan fingerprint density at radius 2 is 1.46 bits per heavy atom. The van der Waals surface area contributed by atoms with Gasteiger partial charge in [-0.05, 0) is 42.8 Å². The second kappa shape index (κ2) is 8.19. The first-order chi connectivity index (χ1) is 11.5. The van der Waals surface area contributed by atoms with Gasteiger partial charge in [0.15, 0.2) is 0 Å². The van der Waals surface area contributed by atoms with Gasteiger partial charge in [0.2, 0.25) is 0 Å². The van der Waals surface area contributed by atoms with Crippen LogP contribution in [0.5, 0.6) is 0 Å². The molecule has 0 aliphatic heterocycles.